The van der Waals surface area contributed by atoms with Crippen molar-refractivity contribution in [2.75, 3.05) is 7.05 Å². The third-order valence-corrected chi connectivity index (χ3v) is 5.41. The second-order valence-corrected chi connectivity index (χ2v) is 7.80. The van der Waals surface area contributed by atoms with Gasteiger partial charge in [0.05, 0.1) is 18.5 Å². The minimum atomic E-state index is -1.05. The Morgan fingerprint density at radius 3 is 2.58 bits per heavy atom. The average molecular weight is 430 g/mol. The summed E-state index contributed by atoms with van der Waals surface area (Å²) in [4.78, 5) is 25.0. The molecule has 2 aromatic carbocycles. The van der Waals surface area contributed by atoms with Crippen LogP contribution >= 0.6 is 0 Å². The van der Waals surface area contributed by atoms with Crippen LogP contribution in [-0.2, 0) is 16.1 Å². The molecule has 166 valence electrons. The second kappa shape index (κ2) is 10.4. The van der Waals surface area contributed by atoms with Crippen molar-refractivity contribution in [3.05, 3.63) is 66.0 Å². The molecule has 0 radical (unpaired) electrons. The van der Waals surface area contributed by atoms with Crippen molar-refractivity contribution >= 4 is 11.9 Å². The van der Waals surface area contributed by atoms with Crippen molar-refractivity contribution in [1.29, 1.82) is 0 Å². The fourth-order valence-corrected chi connectivity index (χ4v) is 4.01. The SMILES string of the molecule is CN(Cc1ccccc1)[C@@H]1[C@@H](O)[C@H](Oc2cccc(F)c2)C[C@H]1NC(=O)CCC(=O)O. The van der Waals surface area contributed by atoms with Crippen molar-refractivity contribution in [3.63, 3.8) is 0 Å². The summed E-state index contributed by atoms with van der Waals surface area (Å²) in [5, 5.41) is 22.7. The molecule has 1 amide bonds. The fourth-order valence-electron chi connectivity index (χ4n) is 4.01. The number of amides is 1. The lowest BCUT2D eigenvalue weighted by atomic mass is 10.1. The maximum absolute atomic E-state index is 13.5. The van der Waals surface area contributed by atoms with Crippen LogP contribution < -0.4 is 10.1 Å². The van der Waals surface area contributed by atoms with E-state index in [1.54, 1.807) is 6.07 Å². The molecule has 0 unspecified atom stereocenters. The Labute approximate surface area is 180 Å². The number of carbonyl (C=O) groups is 2. The number of halogens is 1. The summed E-state index contributed by atoms with van der Waals surface area (Å²) in [6.45, 7) is 0.538. The highest BCUT2D eigenvalue weighted by Crippen LogP contribution is 2.30. The molecule has 0 saturated heterocycles. The first-order valence-electron chi connectivity index (χ1n) is 10.2. The molecular weight excluding hydrogens is 403 g/mol. The third-order valence-electron chi connectivity index (χ3n) is 5.41. The molecular formula is C23H27FN2O5. The molecule has 0 aliphatic heterocycles. The van der Waals surface area contributed by atoms with Crippen molar-refractivity contribution in [1.82, 2.24) is 10.2 Å². The van der Waals surface area contributed by atoms with E-state index in [-0.39, 0.29) is 12.8 Å². The minimum absolute atomic E-state index is 0.146. The van der Waals surface area contributed by atoms with Gasteiger partial charge in [-0.25, -0.2) is 4.39 Å². The molecule has 4 atom stereocenters. The van der Waals surface area contributed by atoms with Crippen molar-refractivity contribution in [2.45, 2.75) is 50.1 Å². The molecule has 0 heterocycles. The largest absolute Gasteiger partial charge is 0.487 e. The number of nitrogens with zero attached hydrogens (tertiary/aromatic N) is 1. The van der Waals surface area contributed by atoms with E-state index >= 15 is 0 Å². The average Bonchev–Trinajstić information content (AvgIpc) is 3.02. The van der Waals surface area contributed by atoms with E-state index in [1.165, 1.54) is 18.2 Å². The zero-order valence-electron chi connectivity index (χ0n) is 17.3. The molecule has 3 N–H and O–H groups in total. The summed E-state index contributed by atoms with van der Waals surface area (Å²) in [6.07, 6.45) is -1.71. The van der Waals surface area contributed by atoms with Crippen molar-refractivity contribution in [2.24, 2.45) is 0 Å². The first kappa shape index (κ1) is 22.7. The Kier molecular flexibility index (Phi) is 7.59. The summed E-state index contributed by atoms with van der Waals surface area (Å²) < 4.78 is 19.4. The maximum Gasteiger partial charge on any atom is 0.303 e. The van der Waals surface area contributed by atoms with Gasteiger partial charge in [0.15, 0.2) is 0 Å². The summed E-state index contributed by atoms with van der Waals surface area (Å²) in [5.74, 6) is -1.59. The van der Waals surface area contributed by atoms with Crippen molar-refractivity contribution in [3.8, 4) is 5.75 Å². The van der Waals surface area contributed by atoms with Gasteiger partial charge in [-0.2, -0.15) is 0 Å². The Balaban J connectivity index is 1.75. The van der Waals surface area contributed by atoms with Gasteiger partial charge in [-0.05, 0) is 24.7 Å². The first-order chi connectivity index (χ1) is 14.8. The molecule has 1 aliphatic carbocycles. The molecule has 3 rings (SSSR count). The number of aliphatic hydroxyl groups excluding tert-OH is 1. The number of aliphatic hydroxyl groups is 1. The van der Waals surface area contributed by atoms with Crippen LogP contribution in [0.5, 0.6) is 5.75 Å². The third kappa shape index (κ3) is 6.26. The fraction of sp³-hybridized carbons (Fsp3) is 0.391. The van der Waals surface area contributed by atoms with Gasteiger partial charge in [-0.1, -0.05) is 36.4 Å². The number of ether oxygens (including phenoxy) is 1. The maximum atomic E-state index is 13.5. The summed E-state index contributed by atoms with van der Waals surface area (Å²) in [6, 6.07) is 14.5. The van der Waals surface area contributed by atoms with Gasteiger partial charge in [0.2, 0.25) is 5.91 Å². The van der Waals surface area contributed by atoms with Crippen LogP contribution in [-0.4, -0.2) is 58.3 Å². The Bertz CT molecular complexity index is 895. The normalized spacial score (nSPS) is 23.0. The molecule has 2 aromatic rings. The molecule has 0 bridgehead atoms. The van der Waals surface area contributed by atoms with Gasteiger partial charge in [0, 0.05) is 25.5 Å². The van der Waals surface area contributed by atoms with E-state index in [2.05, 4.69) is 5.32 Å². The van der Waals surface area contributed by atoms with Gasteiger partial charge in [-0.15, -0.1) is 0 Å². The minimum Gasteiger partial charge on any atom is -0.487 e. The quantitative estimate of drug-likeness (QED) is 0.564. The first-order valence-corrected chi connectivity index (χ1v) is 10.2. The number of carboxylic acids is 1. The highest BCUT2D eigenvalue weighted by molar-refractivity contribution is 5.80. The highest BCUT2D eigenvalue weighted by Gasteiger charge is 2.46. The van der Waals surface area contributed by atoms with E-state index in [9.17, 15) is 19.1 Å². The Morgan fingerprint density at radius 1 is 1.16 bits per heavy atom. The van der Waals surface area contributed by atoms with Crippen LogP contribution in [0.3, 0.4) is 0 Å². The van der Waals surface area contributed by atoms with Crippen LogP contribution in [0.15, 0.2) is 54.6 Å². The lowest BCUT2D eigenvalue weighted by molar-refractivity contribution is -0.139. The number of benzene rings is 2. The van der Waals surface area contributed by atoms with E-state index in [1.807, 2.05) is 42.3 Å². The van der Waals surface area contributed by atoms with Gasteiger partial charge in [0.25, 0.3) is 0 Å². The number of hydrogen-bond acceptors (Lipinski definition) is 5. The zero-order valence-corrected chi connectivity index (χ0v) is 17.3. The monoisotopic (exact) mass is 430 g/mol. The van der Waals surface area contributed by atoms with Gasteiger partial charge in [0.1, 0.15) is 23.8 Å². The molecule has 1 fully saturated rings. The number of likely N-dealkylation sites (N-methyl/N-ethyl adjacent to an activating group) is 1. The van der Waals surface area contributed by atoms with Crippen LogP contribution in [0.25, 0.3) is 0 Å². The Hall–Kier alpha value is -2.97. The summed E-state index contributed by atoms with van der Waals surface area (Å²) in [7, 11) is 1.85. The van der Waals surface area contributed by atoms with Crippen molar-refractivity contribution < 1.29 is 28.9 Å². The number of hydrogen-bond donors (Lipinski definition) is 3. The Morgan fingerprint density at radius 2 is 1.90 bits per heavy atom. The number of rotatable bonds is 9. The number of carboxylic acid groups (broad SMARTS) is 1. The second-order valence-electron chi connectivity index (χ2n) is 7.80. The highest BCUT2D eigenvalue weighted by atomic mass is 19.1. The van der Waals surface area contributed by atoms with Crippen LogP contribution in [0.2, 0.25) is 0 Å². The number of nitrogens with one attached hydrogen (secondary N) is 1. The van der Waals surface area contributed by atoms with E-state index in [0.29, 0.717) is 18.7 Å². The molecule has 0 aromatic heterocycles. The predicted octanol–water partition coefficient (Wildman–Crippen LogP) is 2.19. The number of carbonyl (C=O) groups excluding carboxylic acids is 1. The summed E-state index contributed by atoms with van der Waals surface area (Å²) in [5.41, 5.74) is 1.04. The van der Waals surface area contributed by atoms with E-state index in [4.69, 9.17) is 9.84 Å². The molecule has 0 spiro atoms. The van der Waals surface area contributed by atoms with E-state index < -0.39 is 42.0 Å². The van der Waals surface area contributed by atoms with Gasteiger partial charge >= 0.3 is 5.97 Å². The van der Waals surface area contributed by atoms with Gasteiger partial charge < -0.3 is 20.3 Å². The molecule has 8 heteroatoms. The van der Waals surface area contributed by atoms with Crippen LogP contribution in [0, 0.1) is 5.82 Å². The lowest BCUT2D eigenvalue weighted by Gasteiger charge is -2.32. The van der Waals surface area contributed by atoms with Crippen LogP contribution in [0.4, 0.5) is 4.39 Å². The van der Waals surface area contributed by atoms with Gasteiger partial charge in [-0.3, -0.25) is 14.5 Å². The molecule has 7 nitrogen and oxygen atoms in total. The summed E-state index contributed by atoms with van der Waals surface area (Å²) >= 11 is 0. The smallest absolute Gasteiger partial charge is 0.303 e. The lowest BCUT2D eigenvalue weighted by Crippen LogP contribution is -2.51. The van der Waals surface area contributed by atoms with E-state index in [0.717, 1.165) is 5.56 Å². The zero-order chi connectivity index (χ0) is 22.4. The molecule has 31 heavy (non-hydrogen) atoms. The topological polar surface area (TPSA) is 99.1 Å². The molecule has 1 saturated carbocycles. The molecule has 1 aliphatic rings. The standard InChI is InChI=1S/C23H27FN2O5/c1-26(14-15-6-3-2-4-7-15)22-18(25-20(27)10-11-21(28)29)13-19(23(22)30)31-17-9-5-8-16(24)12-17/h2-9,12,18-19,22-23,30H,10-11,13-14H2,1H3,(H,25,27)(H,28,29)/t18-,19-,22+,23+/m1/s1. The van der Waals surface area contributed by atoms with Crippen LogP contribution in [0.1, 0.15) is 24.8 Å². The number of aliphatic carboxylic acids is 1. The predicted molar refractivity (Wildman–Crippen MR) is 112 cm³/mol.